The van der Waals surface area contributed by atoms with Crippen molar-refractivity contribution in [2.24, 2.45) is 0 Å². The molecule has 0 atom stereocenters. The van der Waals surface area contributed by atoms with E-state index in [-0.39, 0.29) is 5.75 Å². The van der Waals surface area contributed by atoms with Gasteiger partial charge >= 0.3 is 0 Å². The van der Waals surface area contributed by atoms with E-state index in [1.165, 1.54) is 0 Å². The fourth-order valence-electron chi connectivity index (χ4n) is 3.53. The Balaban J connectivity index is 1.95. The fraction of sp³-hybridized carbons (Fsp3) is 0.0909. The number of sulfonamides is 1. The van der Waals surface area contributed by atoms with Crippen LogP contribution in [-0.4, -0.2) is 23.1 Å². The molecule has 3 aromatic rings. The molecule has 0 unspecified atom stereocenters. The first-order valence-electron chi connectivity index (χ1n) is 8.93. The van der Waals surface area contributed by atoms with E-state index >= 15 is 0 Å². The predicted molar refractivity (Wildman–Crippen MR) is 116 cm³/mol. The zero-order valence-electron chi connectivity index (χ0n) is 15.7. The molecule has 0 amide bonds. The van der Waals surface area contributed by atoms with Gasteiger partial charge in [0.25, 0.3) is 0 Å². The van der Waals surface area contributed by atoms with Gasteiger partial charge in [0.15, 0.2) is 9.84 Å². The Morgan fingerprint density at radius 3 is 2.34 bits per heavy atom. The summed E-state index contributed by atoms with van der Waals surface area (Å²) in [4.78, 5) is 0.299. The van der Waals surface area contributed by atoms with Crippen LogP contribution in [0.25, 0.3) is 11.6 Å². The monoisotopic (exact) mass is 425 g/mol. The van der Waals surface area contributed by atoms with Crippen LogP contribution in [0.4, 0.5) is 5.69 Å². The molecule has 148 valence electrons. The molecule has 0 spiro atoms. The summed E-state index contributed by atoms with van der Waals surface area (Å²) in [5.41, 5.74) is 4.22. The van der Waals surface area contributed by atoms with E-state index < -0.39 is 19.9 Å². The van der Waals surface area contributed by atoms with E-state index in [2.05, 4.69) is 4.72 Å². The van der Waals surface area contributed by atoms with Crippen molar-refractivity contribution in [3.8, 4) is 0 Å². The van der Waals surface area contributed by atoms with Crippen LogP contribution in [0.2, 0.25) is 0 Å². The van der Waals surface area contributed by atoms with Gasteiger partial charge in [-0.15, -0.1) is 0 Å². The van der Waals surface area contributed by atoms with Crippen LogP contribution < -0.4 is 4.72 Å². The molecule has 4 rings (SSSR count). The molecule has 5 nitrogen and oxygen atoms in total. The fourth-order valence-corrected chi connectivity index (χ4v) is 5.70. The van der Waals surface area contributed by atoms with Crippen molar-refractivity contribution < 1.29 is 16.8 Å². The minimum absolute atomic E-state index is 0.0623. The Hall–Kier alpha value is -2.90. The lowest BCUT2D eigenvalue weighted by atomic mass is 9.92. The summed E-state index contributed by atoms with van der Waals surface area (Å²) in [5.74, 6) is -0.0623. The molecular weight excluding hydrogens is 406 g/mol. The largest absolute Gasteiger partial charge is 0.284 e. The number of anilines is 1. The van der Waals surface area contributed by atoms with E-state index in [1.807, 2.05) is 42.5 Å². The molecule has 7 heteroatoms. The predicted octanol–water partition coefficient (Wildman–Crippen LogP) is 3.93. The van der Waals surface area contributed by atoms with Crippen molar-refractivity contribution in [3.05, 3.63) is 95.1 Å². The van der Waals surface area contributed by atoms with Crippen LogP contribution in [0.3, 0.4) is 0 Å². The van der Waals surface area contributed by atoms with Gasteiger partial charge in [-0.05, 0) is 46.5 Å². The van der Waals surface area contributed by atoms with Crippen molar-refractivity contribution in [1.82, 2.24) is 0 Å². The SMILES string of the molecule is CS(=O)(=O)Nc1cccc(C=C2c3ccccc3CS(=O)(=O)c3ccccc32)c1. The van der Waals surface area contributed by atoms with Crippen LogP contribution >= 0.6 is 0 Å². The van der Waals surface area contributed by atoms with Crippen molar-refractivity contribution in [2.45, 2.75) is 10.6 Å². The van der Waals surface area contributed by atoms with E-state index in [4.69, 9.17) is 0 Å². The second kappa shape index (κ2) is 7.17. The number of hydrogen-bond donors (Lipinski definition) is 1. The minimum Gasteiger partial charge on any atom is -0.284 e. The molecule has 0 bridgehead atoms. The van der Waals surface area contributed by atoms with Crippen molar-refractivity contribution in [3.63, 3.8) is 0 Å². The Kier molecular flexibility index (Phi) is 4.80. The molecule has 1 N–H and O–H groups in total. The topological polar surface area (TPSA) is 80.3 Å². The summed E-state index contributed by atoms with van der Waals surface area (Å²) in [6.45, 7) is 0. The third kappa shape index (κ3) is 4.11. The number of rotatable bonds is 3. The average molecular weight is 426 g/mol. The van der Waals surface area contributed by atoms with Crippen LogP contribution in [0.1, 0.15) is 22.3 Å². The number of benzene rings is 3. The maximum atomic E-state index is 13.0. The average Bonchev–Trinajstić information content (AvgIpc) is 2.74. The van der Waals surface area contributed by atoms with Crippen LogP contribution in [0.15, 0.2) is 77.7 Å². The highest BCUT2D eigenvalue weighted by molar-refractivity contribution is 7.92. The first-order valence-corrected chi connectivity index (χ1v) is 12.5. The molecular formula is C22H19NO4S2. The Bertz CT molecular complexity index is 1340. The minimum atomic E-state index is -3.48. The van der Waals surface area contributed by atoms with Gasteiger partial charge in [0.05, 0.1) is 16.9 Å². The number of fused-ring (bicyclic) bond motifs is 2. The van der Waals surface area contributed by atoms with Gasteiger partial charge in [-0.2, -0.15) is 0 Å². The van der Waals surface area contributed by atoms with E-state index in [1.54, 1.807) is 36.4 Å². The Morgan fingerprint density at radius 1 is 0.897 bits per heavy atom. The molecule has 0 fully saturated rings. The molecule has 1 aliphatic rings. The van der Waals surface area contributed by atoms with Gasteiger partial charge in [-0.25, -0.2) is 16.8 Å². The number of nitrogens with one attached hydrogen (secondary N) is 1. The van der Waals surface area contributed by atoms with Gasteiger partial charge in [0.1, 0.15) is 0 Å². The molecule has 3 aromatic carbocycles. The van der Waals surface area contributed by atoms with E-state index in [0.717, 1.165) is 28.5 Å². The smallest absolute Gasteiger partial charge is 0.229 e. The normalized spacial score (nSPS) is 16.5. The first kappa shape index (κ1) is 19.4. The van der Waals surface area contributed by atoms with Gasteiger partial charge in [-0.3, -0.25) is 4.72 Å². The molecule has 0 aromatic heterocycles. The van der Waals surface area contributed by atoms with Gasteiger partial charge in [0, 0.05) is 11.3 Å². The third-order valence-corrected chi connectivity index (χ3v) is 6.99. The zero-order valence-corrected chi connectivity index (χ0v) is 17.3. The van der Waals surface area contributed by atoms with Crippen molar-refractivity contribution in [2.75, 3.05) is 11.0 Å². The third-order valence-electron chi connectivity index (χ3n) is 4.67. The van der Waals surface area contributed by atoms with Gasteiger partial charge in [-0.1, -0.05) is 54.6 Å². The van der Waals surface area contributed by atoms with E-state index in [0.29, 0.717) is 16.1 Å². The van der Waals surface area contributed by atoms with Crippen molar-refractivity contribution in [1.29, 1.82) is 0 Å². The highest BCUT2D eigenvalue weighted by Crippen LogP contribution is 2.38. The Morgan fingerprint density at radius 2 is 1.59 bits per heavy atom. The lowest BCUT2D eigenvalue weighted by Crippen LogP contribution is -2.09. The number of hydrogen-bond acceptors (Lipinski definition) is 4. The van der Waals surface area contributed by atoms with Gasteiger partial charge in [0.2, 0.25) is 10.0 Å². The molecule has 0 saturated heterocycles. The summed E-state index contributed by atoms with van der Waals surface area (Å²) in [5, 5.41) is 0. The first-order chi connectivity index (χ1) is 13.7. The summed E-state index contributed by atoms with van der Waals surface area (Å²) in [6, 6.07) is 21.4. The highest BCUT2D eigenvalue weighted by Gasteiger charge is 2.27. The molecule has 1 aliphatic heterocycles. The lowest BCUT2D eigenvalue weighted by molar-refractivity contribution is 0.595. The maximum Gasteiger partial charge on any atom is 0.229 e. The summed E-state index contributed by atoms with van der Waals surface area (Å²) < 4.78 is 51.5. The quantitative estimate of drug-likeness (QED) is 0.689. The standard InChI is InChI=1S/C22H19NO4S2/c1-28(24,25)23-18-9-6-7-16(13-18)14-21-19-10-3-2-8-17(19)15-29(26,27)22-12-5-4-11-20(21)22/h2-14,23H,15H2,1H3. The van der Waals surface area contributed by atoms with Gasteiger partial charge < -0.3 is 0 Å². The second-order valence-electron chi connectivity index (χ2n) is 6.97. The molecule has 0 saturated carbocycles. The zero-order chi connectivity index (χ0) is 20.6. The van der Waals surface area contributed by atoms with E-state index in [9.17, 15) is 16.8 Å². The lowest BCUT2D eigenvalue weighted by Gasteiger charge is -2.12. The van der Waals surface area contributed by atoms with Crippen molar-refractivity contribution >= 4 is 37.2 Å². The van der Waals surface area contributed by atoms with Crippen LogP contribution in [-0.2, 0) is 25.6 Å². The molecule has 0 radical (unpaired) electrons. The molecule has 29 heavy (non-hydrogen) atoms. The van der Waals surface area contributed by atoms with Crippen LogP contribution in [0, 0.1) is 0 Å². The Labute approximate surface area is 170 Å². The highest BCUT2D eigenvalue weighted by atomic mass is 32.2. The summed E-state index contributed by atoms with van der Waals surface area (Å²) >= 11 is 0. The van der Waals surface area contributed by atoms with Crippen LogP contribution in [0.5, 0.6) is 0 Å². The maximum absolute atomic E-state index is 13.0. The number of sulfone groups is 1. The molecule has 1 heterocycles. The summed E-state index contributed by atoms with van der Waals surface area (Å²) in [6.07, 6.45) is 2.99. The molecule has 0 aliphatic carbocycles. The summed E-state index contributed by atoms with van der Waals surface area (Å²) in [7, 11) is -6.88. The second-order valence-corrected chi connectivity index (χ2v) is 10.7.